The van der Waals surface area contributed by atoms with E-state index in [1.165, 1.54) is 0 Å². The third kappa shape index (κ3) is 5.47. The molecule has 0 rings (SSSR count). The molecular weight excluding hydrogens is 92.1 g/mol. The first-order valence-corrected chi connectivity index (χ1v) is 2.09. The number of esters is 1. The van der Waals surface area contributed by atoms with Crippen molar-refractivity contribution in [3.8, 4) is 0 Å². The lowest BCUT2D eigenvalue weighted by molar-refractivity contribution is -0.141. The fraction of sp³-hybridized carbons (Fsp3) is 0.600. The van der Waals surface area contributed by atoms with Gasteiger partial charge in [0.2, 0.25) is 0 Å². The Kier molecular flexibility index (Phi) is 2.41. The van der Waals surface area contributed by atoms with Crippen LogP contribution in [-0.4, -0.2) is 12.1 Å². The second-order valence-electron chi connectivity index (χ2n) is 1.49. The number of ether oxygens (including phenoxy) is 1. The molecule has 0 amide bonds. The molecule has 7 heavy (non-hydrogen) atoms. The van der Waals surface area contributed by atoms with Gasteiger partial charge in [-0.15, -0.1) is 0 Å². The van der Waals surface area contributed by atoms with Gasteiger partial charge in [0.05, 0.1) is 13.0 Å². The topological polar surface area (TPSA) is 26.3 Å². The molecule has 0 fully saturated rings. The molecule has 0 unspecified atom stereocenters. The van der Waals surface area contributed by atoms with E-state index < -0.39 is 5.97 Å². The summed E-state index contributed by atoms with van der Waals surface area (Å²) in [6, 6.07) is 0. The van der Waals surface area contributed by atoms with Crippen LogP contribution in [0.15, 0.2) is 0 Å². The van der Waals surface area contributed by atoms with Gasteiger partial charge >= 0.3 is 5.97 Å². The standard InChI is InChI=1S/C5H8O2/c1-4(2)7-5(3)6/h3-4H,1-2H3. The Morgan fingerprint density at radius 3 is 2.14 bits per heavy atom. The minimum atomic E-state index is -0.713. The molecule has 0 N–H and O–H groups in total. The van der Waals surface area contributed by atoms with Crippen LogP contribution < -0.4 is 0 Å². The van der Waals surface area contributed by atoms with E-state index in [4.69, 9.17) is 0 Å². The summed E-state index contributed by atoms with van der Waals surface area (Å²) in [6.07, 6.45) is -0.0995. The van der Waals surface area contributed by atoms with Gasteiger partial charge in [0.25, 0.3) is 0 Å². The predicted molar refractivity (Wildman–Crippen MR) is 25.5 cm³/mol. The number of rotatable bonds is 1. The second-order valence-corrected chi connectivity index (χ2v) is 1.49. The van der Waals surface area contributed by atoms with Crippen LogP contribution in [-0.2, 0) is 9.53 Å². The molecule has 0 aromatic heterocycles. The molecule has 0 saturated carbocycles. The highest BCUT2D eigenvalue weighted by Crippen LogP contribution is 1.85. The molecule has 40 valence electrons. The fourth-order valence-electron chi connectivity index (χ4n) is 0.232. The van der Waals surface area contributed by atoms with E-state index in [1.54, 1.807) is 13.8 Å². The van der Waals surface area contributed by atoms with Crippen molar-refractivity contribution >= 4 is 5.97 Å². The molecule has 0 spiro atoms. The summed E-state index contributed by atoms with van der Waals surface area (Å²) in [5.41, 5.74) is 0. The molecule has 0 aliphatic carbocycles. The number of hydrogen-bond donors (Lipinski definition) is 0. The Hall–Kier alpha value is -0.530. The van der Waals surface area contributed by atoms with Crippen LogP contribution in [0.2, 0.25) is 0 Å². The lowest BCUT2D eigenvalue weighted by Crippen LogP contribution is -2.06. The minimum absolute atomic E-state index is 0.0995. The van der Waals surface area contributed by atoms with Crippen molar-refractivity contribution in [2.75, 3.05) is 0 Å². The summed E-state index contributed by atoms with van der Waals surface area (Å²) in [7, 11) is 0. The zero-order chi connectivity index (χ0) is 5.86. The zero-order valence-electron chi connectivity index (χ0n) is 4.47. The van der Waals surface area contributed by atoms with Gasteiger partial charge in [-0.3, -0.25) is 4.79 Å². The van der Waals surface area contributed by atoms with Crippen LogP contribution in [0.4, 0.5) is 0 Å². The Bertz CT molecular complexity index is 66.5. The average Bonchev–Trinajstić information content (AvgIpc) is 1.27. The van der Waals surface area contributed by atoms with E-state index in [0.29, 0.717) is 0 Å². The van der Waals surface area contributed by atoms with Crippen molar-refractivity contribution in [2.45, 2.75) is 20.0 Å². The monoisotopic (exact) mass is 100 g/mol. The van der Waals surface area contributed by atoms with Gasteiger partial charge in [-0.25, -0.2) is 0 Å². The lowest BCUT2D eigenvalue weighted by atomic mass is 10.5. The van der Waals surface area contributed by atoms with Crippen molar-refractivity contribution in [2.24, 2.45) is 0 Å². The van der Waals surface area contributed by atoms with Crippen LogP contribution in [0, 0.1) is 6.92 Å². The Labute approximate surface area is 43.5 Å². The summed E-state index contributed by atoms with van der Waals surface area (Å²) in [6.45, 7) is 8.11. The van der Waals surface area contributed by atoms with E-state index in [1.807, 2.05) is 0 Å². The van der Waals surface area contributed by atoms with Crippen LogP contribution in [0.3, 0.4) is 0 Å². The van der Waals surface area contributed by atoms with Gasteiger partial charge in [-0.1, -0.05) is 0 Å². The molecule has 0 aliphatic rings. The Morgan fingerprint density at radius 1 is 1.71 bits per heavy atom. The van der Waals surface area contributed by atoms with Crippen LogP contribution in [0.25, 0.3) is 0 Å². The number of carbonyl (C=O) groups excluding carboxylic acids is 1. The first-order valence-electron chi connectivity index (χ1n) is 2.09. The van der Waals surface area contributed by atoms with Crippen LogP contribution >= 0.6 is 0 Å². The average molecular weight is 100 g/mol. The molecule has 0 bridgehead atoms. The van der Waals surface area contributed by atoms with Crippen LogP contribution in [0.1, 0.15) is 13.8 Å². The predicted octanol–water partition coefficient (Wildman–Crippen LogP) is 0.649. The first-order chi connectivity index (χ1) is 3.13. The van der Waals surface area contributed by atoms with Gasteiger partial charge < -0.3 is 4.74 Å². The smallest absolute Gasteiger partial charge is 0.311 e. The summed E-state index contributed by atoms with van der Waals surface area (Å²) < 4.78 is 4.39. The third-order valence-electron chi connectivity index (χ3n) is 0.352. The van der Waals surface area contributed by atoms with Crippen molar-refractivity contribution in [1.82, 2.24) is 0 Å². The second kappa shape index (κ2) is 2.61. The van der Waals surface area contributed by atoms with Crippen molar-refractivity contribution < 1.29 is 9.53 Å². The largest absolute Gasteiger partial charge is 0.463 e. The van der Waals surface area contributed by atoms with Crippen LogP contribution in [0.5, 0.6) is 0 Å². The molecule has 0 aliphatic heterocycles. The molecule has 0 aromatic carbocycles. The van der Waals surface area contributed by atoms with E-state index in [0.717, 1.165) is 0 Å². The molecule has 0 atom stereocenters. The quantitative estimate of drug-likeness (QED) is 0.452. The van der Waals surface area contributed by atoms with Gasteiger partial charge in [-0.05, 0) is 13.8 Å². The number of carbonyl (C=O) groups is 1. The van der Waals surface area contributed by atoms with E-state index in [-0.39, 0.29) is 6.10 Å². The van der Waals surface area contributed by atoms with E-state index in [2.05, 4.69) is 11.7 Å². The van der Waals surface area contributed by atoms with Gasteiger partial charge in [0.15, 0.2) is 0 Å². The van der Waals surface area contributed by atoms with Gasteiger partial charge in [0.1, 0.15) is 0 Å². The summed E-state index contributed by atoms with van der Waals surface area (Å²) >= 11 is 0. The summed E-state index contributed by atoms with van der Waals surface area (Å²) in [5, 5.41) is 0. The third-order valence-corrected chi connectivity index (χ3v) is 0.352. The lowest BCUT2D eigenvalue weighted by Gasteiger charge is -2.01. The molecule has 2 radical (unpaired) electrons. The highest BCUT2D eigenvalue weighted by Gasteiger charge is 1.94. The highest BCUT2D eigenvalue weighted by molar-refractivity contribution is 5.73. The first kappa shape index (κ1) is 6.47. The molecule has 0 heterocycles. The normalized spacial score (nSPS) is 9.14. The molecule has 2 heteroatoms. The summed E-state index contributed by atoms with van der Waals surface area (Å²) in [5.74, 6) is -0.713. The SMILES string of the molecule is [CH]C(=O)OC(C)C. The van der Waals surface area contributed by atoms with Gasteiger partial charge in [-0.2, -0.15) is 0 Å². The van der Waals surface area contributed by atoms with E-state index >= 15 is 0 Å². The maximum atomic E-state index is 9.81. The van der Waals surface area contributed by atoms with Crippen molar-refractivity contribution in [3.63, 3.8) is 0 Å². The molecule has 0 aromatic rings. The summed E-state index contributed by atoms with van der Waals surface area (Å²) in [4.78, 5) is 9.81. The minimum Gasteiger partial charge on any atom is -0.463 e. The molecular formula is C5H8O2. The van der Waals surface area contributed by atoms with Crippen molar-refractivity contribution in [3.05, 3.63) is 6.92 Å². The maximum Gasteiger partial charge on any atom is 0.311 e. The van der Waals surface area contributed by atoms with Gasteiger partial charge in [0, 0.05) is 0 Å². The molecule has 2 nitrogen and oxygen atoms in total. The Balaban J connectivity index is 3.13. The molecule has 0 saturated heterocycles. The zero-order valence-corrected chi connectivity index (χ0v) is 4.47. The number of hydrogen-bond acceptors (Lipinski definition) is 2. The maximum absolute atomic E-state index is 9.81. The van der Waals surface area contributed by atoms with E-state index in [9.17, 15) is 4.79 Å². The fourth-order valence-corrected chi connectivity index (χ4v) is 0.232. The highest BCUT2D eigenvalue weighted by atomic mass is 16.5. The Morgan fingerprint density at radius 2 is 2.14 bits per heavy atom. The van der Waals surface area contributed by atoms with Crippen molar-refractivity contribution in [1.29, 1.82) is 0 Å².